The van der Waals surface area contributed by atoms with Gasteiger partial charge in [-0.3, -0.25) is 9.59 Å². The van der Waals surface area contributed by atoms with Crippen molar-refractivity contribution in [1.29, 1.82) is 0 Å². The van der Waals surface area contributed by atoms with Gasteiger partial charge in [-0.1, -0.05) is 48.0 Å². The Hall–Kier alpha value is -6.37. The van der Waals surface area contributed by atoms with Crippen molar-refractivity contribution in [3.8, 4) is 23.3 Å². The molecule has 5 heterocycles. The molecule has 1 fully saturated rings. The van der Waals surface area contributed by atoms with Gasteiger partial charge in [0.1, 0.15) is 23.0 Å². The highest BCUT2D eigenvalue weighted by Gasteiger charge is 2.38. The van der Waals surface area contributed by atoms with E-state index < -0.39 is 5.60 Å². The smallest absolute Gasteiger partial charge is 0.309 e. The van der Waals surface area contributed by atoms with Gasteiger partial charge in [-0.2, -0.15) is 0 Å². The molecule has 63 heavy (non-hydrogen) atoms. The summed E-state index contributed by atoms with van der Waals surface area (Å²) >= 11 is 6.27. The summed E-state index contributed by atoms with van der Waals surface area (Å²) in [6.07, 6.45) is 21.6. The molecule has 0 atom stereocenters. The molecule has 1 saturated heterocycles. The molecule has 12 nitrogen and oxygen atoms in total. The molecule has 5 aliphatic rings. The van der Waals surface area contributed by atoms with Crippen LogP contribution < -0.4 is 18.9 Å². The van der Waals surface area contributed by atoms with Crippen LogP contribution in [0.15, 0.2) is 131 Å². The lowest BCUT2D eigenvalue weighted by Crippen LogP contribution is -2.42. The standard InChI is InChI=1S/C50H50ClN3O9/c1-4-58-43(55)20-28-60-41-18-24-52-48-45(41)37(30-33-10-6-8-12-39(33)62-48)32(3)47(54-26-22-50(57,23-27-54)35-14-16-36(51)17-15-35)38-31-34-11-7-9-13-40(34)63-49-46(38)42(19-25-53-49)61-29-21-44(56)59-5-2/h6-9,12-19,24-25,30-31,57H,4-5,10-11,20-23,26-29H2,1-3H3. The van der Waals surface area contributed by atoms with Gasteiger partial charge in [-0.05, 0) is 123 Å². The van der Waals surface area contributed by atoms with Crippen LogP contribution in [0.3, 0.4) is 0 Å². The number of aliphatic hydroxyl groups is 1. The van der Waals surface area contributed by atoms with Crippen molar-refractivity contribution in [2.45, 2.75) is 64.9 Å². The third kappa shape index (κ3) is 9.52. The molecule has 3 aromatic rings. The van der Waals surface area contributed by atoms with Gasteiger partial charge in [0.2, 0.25) is 11.8 Å². The number of fused-ring (bicyclic) bond motifs is 4. The molecule has 8 rings (SSSR count). The van der Waals surface area contributed by atoms with E-state index >= 15 is 0 Å². The number of ether oxygens (including phenoxy) is 6. The first-order chi connectivity index (χ1) is 30.7. The number of hydrogen-bond donors (Lipinski definition) is 1. The first-order valence-corrected chi connectivity index (χ1v) is 21.8. The number of benzene rings is 1. The lowest BCUT2D eigenvalue weighted by molar-refractivity contribution is -0.144. The Kier molecular flexibility index (Phi) is 13.3. The predicted molar refractivity (Wildman–Crippen MR) is 239 cm³/mol. The maximum atomic E-state index is 12.5. The molecule has 2 aromatic heterocycles. The van der Waals surface area contributed by atoms with Crippen molar-refractivity contribution in [3.63, 3.8) is 0 Å². The Morgan fingerprint density at radius 3 is 1.79 bits per heavy atom. The molecule has 0 unspecified atom stereocenters. The molecule has 2 aliphatic carbocycles. The molecule has 0 bridgehead atoms. The van der Waals surface area contributed by atoms with Crippen LogP contribution in [0.5, 0.6) is 23.3 Å². The molecule has 1 aromatic carbocycles. The third-order valence-electron chi connectivity index (χ3n) is 11.5. The number of nitrogens with zero attached hydrogens (tertiary/aromatic N) is 3. The fourth-order valence-electron chi connectivity index (χ4n) is 8.34. The van der Waals surface area contributed by atoms with Gasteiger partial charge < -0.3 is 38.4 Å². The second kappa shape index (κ2) is 19.3. The summed E-state index contributed by atoms with van der Waals surface area (Å²) in [5.41, 5.74) is 6.05. The van der Waals surface area contributed by atoms with E-state index in [1.807, 2.05) is 36.4 Å². The first kappa shape index (κ1) is 43.3. The summed E-state index contributed by atoms with van der Waals surface area (Å²) in [4.78, 5) is 36.7. The average molecular weight is 872 g/mol. The number of rotatable bonds is 13. The highest BCUT2D eigenvalue weighted by molar-refractivity contribution is 6.30. The maximum absolute atomic E-state index is 12.5. The minimum Gasteiger partial charge on any atom is -0.492 e. The van der Waals surface area contributed by atoms with Crippen LogP contribution in [0.4, 0.5) is 0 Å². The molecule has 0 spiro atoms. The van der Waals surface area contributed by atoms with Gasteiger partial charge in [0.05, 0.1) is 56.0 Å². The molecular weight excluding hydrogens is 822 g/mol. The lowest BCUT2D eigenvalue weighted by Gasteiger charge is -2.42. The number of carbonyl (C=O) groups is 2. The molecular formula is C50H50ClN3O9. The van der Waals surface area contributed by atoms with E-state index in [4.69, 9.17) is 50.0 Å². The molecule has 13 heteroatoms. The van der Waals surface area contributed by atoms with Crippen molar-refractivity contribution in [2.75, 3.05) is 39.5 Å². The zero-order chi connectivity index (χ0) is 43.9. The van der Waals surface area contributed by atoms with Gasteiger partial charge >= 0.3 is 11.9 Å². The van der Waals surface area contributed by atoms with E-state index in [0.717, 1.165) is 39.1 Å². The number of likely N-dealkylation sites (tertiary alicyclic amines) is 1. The quantitative estimate of drug-likeness (QED) is 0.164. The monoisotopic (exact) mass is 871 g/mol. The van der Waals surface area contributed by atoms with Gasteiger partial charge in [0.25, 0.3) is 0 Å². The summed E-state index contributed by atoms with van der Waals surface area (Å²) < 4.78 is 36.5. The highest BCUT2D eigenvalue weighted by atomic mass is 35.5. The first-order valence-electron chi connectivity index (χ1n) is 21.4. The Balaban J connectivity index is 1.36. The van der Waals surface area contributed by atoms with Crippen LogP contribution in [0.2, 0.25) is 5.02 Å². The van der Waals surface area contributed by atoms with E-state index in [1.165, 1.54) is 0 Å². The second-order valence-electron chi connectivity index (χ2n) is 15.5. The number of carbonyl (C=O) groups excluding carboxylic acids is 2. The van der Waals surface area contributed by atoms with Gasteiger partial charge in [-0.15, -0.1) is 0 Å². The SMILES string of the molecule is CCOC(=O)CCOc1ccnc2c1C(=C(C)C(=C1C=C3CC=CC=C3Oc3nccc(OCCC(=O)OCC)c31)N1CCC(O)(c3ccc(Cl)cc3)CC1)C=C1CC=CC=C1O2. The van der Waals surface area contributed by atoms with Crippen LogP contribution in [-0.2, 0) is 24.7 Å². The number of hydrogen-bond acceptors (Lipinski definition) is 12. The normalized spacial score (nSPS) is 18.7. The van der Waals surface area contributed by atoms with Crippen molar-refractivity contribution in [2.24, 2.45) is 0 Å². The minimum atomic E-state index is -1.10. The molecule has 0 radical (unpaired) electrons. The molecule has 326 valence electrons. The highest BCUT2D eigenvalue weighted by Crippen LogP contribution is 2.49. The summed E-state index contributed by atoms with van der Waals surface area (Å²) in [5.74, 6) is 2.25. The van der Waals surface area contributed by atoms with Gasteiger partial charge in [0.15, 0.2) is 0 Å². The zero-order valence-corrected chi connectivity index (χ0v) is 36.4. The van der Waals surface area contributed by atoms with Gasteiger partial charge in [0, 0.05) is 41.8 Å². The van der Waals surface area contributed by atoms with Gasteiger partial charge in [-0.25, -0.2) is 9.97 Å². The van der Waals surface area contributed by atoms with E-state index in [9.17, 15) is 14.7 Å². The summed E-state index contributed by atoms with van der Waals surface area (Å²) in [6, 6.07) is 11.0. The third-order valence-corrected chi connectivity index (χ3v) is 11.7. The van der Waals surface area contributed by atoms with Crippen molar-refractivity contribution < 1.29 is 43.1 Å². The average Bonchev–Trinajstić information content (AvgIpc) is 3.56. The van der Waals surface area contributed by atoms with E-state index in [2.05, 4.69) is 36.1 Å². The Morgan fingerprint density at radius 1 is 0.762 bits per heavy atom. The van der Waals surface area contributed by atoms with Crippen molar-refractivity contribution in [1.82, 2.24) is 14.9 Å². The largest absolute Gasteiger partial charge is 0.492 e. The van der Waals surface area contributed by atoms with Crippen molar-refractivity contribution >= 4 is 34.7 Å². The Morgan fingerprint density at radius 2 is 1.27 bits per heavy atom. The van der Waals surface area contributed by atoms with E-state index in [0.29, 0.717) is 89.7 Å². The Bertz CT molecular complexity index is 2520. The van der Waals surface area contributed by atoms with E-state index in [-0.39, 0.29) is 51.2 Å². The number of allylic oxidation sites excluding steroid dienone is 13. The predicted octanol–water partition coefficient (Wildman–Crippen LogP) is 9.29. The topological polar surface area (TPSA) is 139 Å². The molecule has 0 saturated carbocycles. The van der Waals surface area contributed by atoms with Crippen LogP contribution in [-0.4, -0.2) is 71.4 Å². The van der Waals surface area contributed by atoms with Crippen LogP contribution in [0.25, 0.3) is 11.1 Å². The summed E-state index contributed by atoms with van der Waals surface area (Å²) in [5, 5.41) is 12.8. The van der Waals surface area contributed by atoms with E-state index in [1.54, 1.807) is 50.5 Å². The van der Waals surface area contributed by atoms with Crippen LogP contribution >= 0.6 is 11.6 Å². The minimum absolute atomic E-state index is 0.0486. The zero-order valence-electron chi connectivity index (χ0n) is 35.7. The molecule has 1 N–H and O–H groups in total. The fraction of sp³-hybridized carbons (Fsp3) is 0.320. The molecule has 3 aliphatic heterocycles. The number of esters is 2. The number of pyridine rings is 2. The number of piperidine rings is 1. The van der Waals surface area contributed by atoms with Crippen molar-refractivity contribution in [3.05, 3.63) is 153 Å². The maximum Gasteiger partial charge on any atom is 0.309 e. The number of halogens is 1. The number of aromatic nitrogens is 2. The lowest BCUT2D eigenvalue weighted by atomic mass is 9.83. The fourth-order valence-corrected chi connectivity index (χ4v) is 8.47. The second-order valence-corrected chi connectivity index (χ2v) is 15.9. The Labute approximate surface area is 372 Å². The molecule has 0 amide bonds. The van der Waals surface area contributed by atoms with Crippen LogP contribution in [0.1, 0.15) is 76.0 Å². The van der Waals surface area contributed by atoms with Crippen LogP contribution in [0, 0.1) is 0 Å². The summed E-state index contributed by atoms with van der Waals surface area (Å²) in [6.45, 7) is 7.23. The summed E-state index contributed by atoms with van der Waals surface area (Å²) in [7, 11) is 0.